The minimum absolute atomic E-state index is 0.0501. The smallest absolute Gasteiger partial charge is 0.274 e. The van der Waals surface area contributed by atoms with Crippen LogP contribution in [0.25, 0.3) is 0 Å². The van der Waals surface area contributed by atoms with Crippen molar-refractivity contribution in [2.24, 2.45) is 5.92 Å². The molecule has 1 unspecified atom stereocenters. The van der Waals surface area contributed by atoms with E-state index in [2.05, 4.69) is 0 Å². The van der Waals surface area contributed by atoms with Crippen LogP contribution in [0, 0.1) is 5.92 Å². The van der Waals surface area contributed by atoms with E-state index < -0.39 is 5.91 Å². The van der Waals surface area contributed by atoms with Gasteiger partial charge in [-0.3, -0.25) is 19.6 Å². The van der Waals surface area contributed by atoms with Gasteiger partial charge in [0.2, 0.25) is 11.8 Å². The quantitative estimate of drug-likeness (QED) is 0.597. The summed E-state index contributed by atoms with van der Waals surface area (Å²) in [6.07, 6.45) is 1.34. The number of ether oxygens (including phenoxy) is 1. The summed E-state index contributed by atoms with van der Waals surface area (Å²) in [4.78, 5) is 39.8. The summed E-state index contributed by atoms with van der Waals surface area (Å²) in [7, 11) is 0. The lowest BCUT2D eigenvalue weighted by Gasteiger charge is -2.35. The van der Waals surface area contributed by atoms with Gasteiger partial charge in [-0.2, -0.15) is 0 Å². The molecule has 3 rings (SSSR count). The number of carbonyl (C=O) groups excluding carboxylic acids is 3. The van der Waals surface area contributed by atoms with Crippen LogP contribution in [0.5, 0.6) is 5.75 Å². The number of nitrogens with zero attached hydrogens (tertiary/aromatic N) is 2. The predicted molar refractivity (Wildman–Crippen MR) is 96.2 cm³/mol. The van der Waals surface area contributed by atoms with Crippen LogP contribution in [0.2, 0.25) is 0 Å². The highest BCUT2D eigenvalue weighted by molar-refractivity contribution is 5.93. The summed E-state index contributed by atoms with van der Waals surface area (Å²) >= 11 is 0. The van der Waals surface area contributed by atoms with E-state index in [0.717, 1.165) is 5.56 Å². The Kier molecular flexibility index (Phi) is 5.65. The fraction of sp³-hybridized carbons (Fsp3) is 0.526. The number of benzene rings is 1. The highest BCUT2D eigenvalue weighted by Gasteiger charge is 2.33. The van der Waals surface area contributed by atoms with Gasteiger partial charge in [0.15, 0.2) is 0 Å². The minimum Gasteiger partial charge on any atom is -0.491 e. The number of carbonyl (C=O) groups is 3. The van der Waals surface area contributed by atoms with Gasteiger partial charge in [0, 0.05) is 43.6 Å². The van der Waals surface area contributed by atoms with Crippen molar-refractivity contribution in [2.45, 2.75) is 39.3 Å². The topological polar surface area (TPSA) is 99.2 Å². The number of nitrogens with one attached hydrogen (secondary N) is 1. The van der Waals surface area contributed by atoms with E-state index in [4.69, 9.17) is 9.94 Å². The summed E-state index contributed by atoms with van der Waals surface area (Å²) in [5.41, 5.74) is 2.72. The van der Waals surface area contributed by atoms with E-state index in [1.165, 1.54) is 0 Å². The Labute approximate surface area is 158 Å². The molecule has 2 aliphatic heterocycles. The molecule has 8 heteroatoms. The van der Waals surface area contributed by atoms with E-state index in [1.807, 2.05) is 11.8 Å². The summed E-state index contributed by atoms with van der Waals surface area (Å²) in [6.45, 7) is 5.45. The molecule has 0 spiro atoms. The second-order valence-corrected chi connectivity index (χ2v) is 7.17. The number of hydrogen-bond donors (Lipinski definition) is 2. The first kappa shape index (κ1) is 19.2. The maximum Gasteiger partial charge on any atom is 0.274 e. The second kappa shape index (κ2) is 7.96. The van der Waals surface area contributed by atoms with Crippen LogP contribution in [0.4, 0.5) is 0 Å². The molecule has 1 aromatic rings. The van der Waals surface area contributed by atoms with E-state index >= 15 is 0 Å². The third-order valence-corrected chi connectivity index (χ3v) is 5.36. The zero-order valence-corrected chi connectivity index (χ0v) is 15.6. The summed E-state index contributed by atoms with van der Waals surface area (Å²) in [5, 5.41) is 8.78. The Hall–Kier alpha value is -2.61. The molecule has 1 aromatic carbocycles. The molecular weight excluding hydrogens is 350 g/mol. The summed E-state index contributed by atoms with van der Waals surface area (Å²) in [5.74, 6) is -0.0223. The monoisotopic (exact) mass is 375 g/mol. The van der Waals surface area contributed by atoms with E-state index in [9.17, 15) is 14.4 Å². The van der Waals surface area contributed by atoms with Gasteiger partial charge in [-0.15, -0.1) is 0 Å². The molecule has 0 aliphatic carbocycles. The number of amides is 3. The molecule has 2 aliphatic rings. The van der Waals surface area contributed by atoms with Gasteiger partial charge in [-0.05, 0) is 31.9 Å². The fourth-order valence-corrected chi connectivity index (χ4v) is 3.64. The van der Waals surface area contributed by atoms with Gasteiger partial charge in [-0.1, -0.05) is 6.07 Å². The predicted octanol–water partition coefficient (Wildman–Crippen LogP) is 1.17. The second-order valence-electron chi connectivity index (χ2n) is 7.17. The molecule has 1 saturated heterocycles. The SMILES string of the molecule is CC(=O)N1CCC(C(=O)N2Cc3ccc(C(=O)NO)cc3OCC2C)CC1. The third kappa shape index (κ3) is 4.05. The van der Waals surface area contributed by atoms with Gasteiger partial charge in [0.1, 0.15) is 12.4 Å². The Morgan fingerprint density at radius 1 is 1.22 bits per heavy atom. The van der Waals surface area contributed by atoms with Crippen LogP contribution < -0.4 is 10.2 Å². The number of fused-ring (bicyclic) bond motifs is 1. The Balaban J connectivity index is 1.74. The fourth-order valence-electron chi connectivity index (χ4n) is 3.64. The zero-order valence-electron chi connectivity index (χ0n) is 15.6. The number of hydroxylamine groups is 1. The number of hydrogen-bond acceptors (Lipinski definition) is 5. The first-order valence-electron chi connectivity index (χ1n) is 9.17. The average molecular weight is 375 g/mol. The minimum atomic E-state index is -0.608. The largest absolute Gasteiger partial charge is 0.491 e. The van der Waals surface area contributed by atoms with Crippen molar-refractivity contribution >= 4 is 17.7 Å². The maximum absolute atomic E-state index is 13.1. The Morgan fingerprint density at radius 2 is 1.93 bits per heavy atom. The Morgan fingerprint density at radius 3 is 2.56 bits per heavy atom. The lowest BCUT2D eigenvalue weighted by Crippen LogP contribution is -2.47. The number of piperidine rings is 1. The lowest BCUT2D eigenvalue weighted by atomic mass is 9.94. The lowest BCUT2D eigenvalue weighted by molar-refractivity contribution is -0.142. The molecule has 0 radical (unpaired) electrons. The van der Waals surface area contributed by atoms with Crippen molar-refractivity contribution < 1.29 is 24.3 Å². The van der Waals surface area contributed by atoms with Crippen molar-refractivity contribution in [1.29, 1.82) is 0 Å². The molecule has 2 N–H and O–H groups in total. The molecule has 3 amide bonds. The van der Waals surface area contributed by atoms with Gasteiger partial charge in [0.25, 0.3) is 5.91 Å². The van der Waals surface area contributed by atoms with Crippen LogP contribution in [0.1, 0.15) is 42.6 Å². The molecule has 27 heavy (non-hydrogen) atoms. The van der Waals surface area contributed by atoms with Crippen molar-refractivity contribution in [1.82, 2.24) is 15.3 Å². The Bertz CT molecular complexity index is 743. The van der Waals surface area contributed by atoms with Crippen LogP contribution >= 0.6 is 0 Å². The average Bonchev–Trinajstić information content (AvgIpc) is 2.85. The molecule has 0 saturated carbocycles. The van der Waals surface area contributed by atoms with Gasteiger partial charge < -0.3 is 14.5 Å². The molecule has 1 atom stereocenters. The highest BCUT2D eigenvalue weighted by Crippen LogP contribution is 2.29. The molecule has 1 fully saturated rings. The number of rotatable bonds is 2. The zero-order chi connectivity index (χ0) is 19.6. The van der Waals surface area contributed by atoms with E-state index in [-0.39, 0.29) is 23.8 Å². The number of likely N-dealkylation sites (tertiary alicyclic amines) is 1. The normalized spacial score (nSPS) is 20.3. The highest BCUT2D eigenvalue weighted by atomic mass is 16.5. The standard InChI is InChI=1S/C19H25N3O5/c1-12-11-27-17-9-15(18(24)20-26)3-4-16(17)10-22(12)19(25)14-5-7-21(8-6-14)13(2)23/h3-4,9,12,14,26H,5-8,10-11H2,1-2H3,(H,20,24). The molecule has 146 valence electrons. The van der Waals surface area contributed by atoms with Gasteiger partial charge >= 0.3 is 0 Å². The van der Waals surface area contributed by atoms with Crippen LogP contribution in [0.3, 0.4) is 0 Å². The van der Waals surface area contributed by atoms with Gasteiger partial charge in [0.05, 0.1) is 6.04 Å². The van der Waals surface area contributed by atoms with E-state index in [0.29, 0.717) is 50.4 Å². The first-order chi connectivity index (χ1) is 12.9. The maximum atomic E-state index is 13.1. The molecule has 2 heterocycles. The first-order valence-corrected chi connectivity index (χ1v) is 9.17. The third-order valence-electron chi connectivity index (χ3n) is 5.36. The van der Waals surface area contributed by atoms with Crippen molar-refractivity contribution in [3.8, 4) is 5.75 Å². The molecule has 0 aromatic heterocycles. The molecular formula is C19H25N3O5. The van der Waals surface area contributed by atoms with Gasteiger partial charge in [-0.25, -0.2) is 5.48 Å². The summed E-state index contributed by atoms with van der Waals surface area (Å²) < 4.78 is 5.80. The van der Waals surface area contributed by atoms with Crippen molar-refractivity contribution in [3.05, 3.63) is 29.3 Å². The van der Waals surface area contributed by atoms with Crippen molar-refractivity contribution in [2.75, 3.05) is 19.7 Å². The molecule has 0 bridgehead atoms. The van der Waals surface area contributed by atoms with Crippen LogP contribution in [0.15, 0.2) is 18.2 Å². The van der Waals surface area contributed by atoms with Crippen LogP contribution in [-0.4, -0.2) is 58.5 Å². The van der Waals surface area contributed by atoms with E-state index in [1.54, 1.807) is 35.5 Å². The van der Waals surface area contributed by atoms with Crippen LogP contribution in [-0.2, 0) is 16.1 Å². The molecule has 8 nitrogen and oxygen atoms in total. The summed E-state index contributed by atoms with van der Waals surface area (Å²) in [6, 6.07) is 4.81. The van der Waals surface area contributed by atoms with Crippen molar-refractivity contribution in [3.63, 3.8) is 0 Å².